The average Bonchev–Trinajstić information content (AvgIpc) is 3.31. The molecule has 0 fully saturated rings. The summed E-state index contributed by atoms with van der Waals surface area (Å²) in [6, 6.07) is 0.745. The highest BCUT2D eigenvalue weighted by Gasteiger charge is 2.20. The first-order valence-electron chi connectivity index (χ1n) is 23.7. The first kappa shape index (κ1) is 80.4. The van der Waals surface area contributed by atoms with Crippen LogP contribution in [0.4, 0.5) is 0 Å². The zero-order valence-corrected chi connectivity index (χ0v) is 46.6. The largest absolute Gasteiger partial charge is 0.478 e. The van der Waals surface area contributed by atoms with Crippen LogP contribution in [0.5, 0.6) is 0 Å². The minimum absolute atomic E-state index is 0.0529. The summed E-state index contributed by atoms with van der Waals surface area (Å²) in [6.07, 6.45) is 19.1. The lowest BCUT2D eigenvalue weighted by atomic mass is 10.0. The van der Waals surface area contributed by atoms with Gasteiger partial charge in [-0.3, -0.25) is 14.4 Å². The minimum atomic E-state index is -1.93. The molecule has 8 unspecified atom stereocenters. The van der Waals surface area contributed by atoms with Crippen LogP contribution < -0.4 is 22.1 Å². The third-order valence-electron chi connectivity index (χ3n) is 9.02. The number of rotatable bonds is 30. The first-order chi connectivity index (χ1) is 32.8. The molecule has 0 aromatic carbocycles. The van der Waals surface area contributed by atoms with Crippen LogP contribution in [-0.2, 0) is 51.7 Å². The van der Waals surface area contributed by atoms with E-state index in [9.17, 15) is 33.9 Å². The van der Waals surface area contributed by atoms with Gasteiger partial charge in [-0.25, -0.2) is 14.4 Å². The van der Waals surface area contributed by atoms with Crippen molar-refractivity contribution >= 4 is 77.2 Å². The number of thiol groups is 1. The smallest absolute Gasteiger partial charge is 0.330 e. The molecule has 0 aliphatic heterocycles. The molecule has 0 aliphatic carbocycles. The number of hydrogen-bond donors (Lipinski definition) is 7. The number of hydrogen-bond acceptors (Lipinski definition) is 13. The van der Waals surface area contributed by atoms with Crippen molar-refractivity contribution < 1.29 is 57.8 Å². The molecule has 0 radical (unpaired) electrons. The molecule has 16 nitrogen and oxygen atoms in total. The Hall–Kier alpha value is -3.68. The fourth-order valence-electron chi connectivity index (χ4n) is 5.33. The predicted molar refractivity (Wildman–Crippen MR) is 292 cm³/mol. The molecule has 0 aromatic rings. The Balaban J connectivity index is -0.000000141. The van der Waals surface area contributed by atoms with E-state index in [0.717, 1.165) is 108 Å². The number of ether oxygens (including phenoxy) is 2. The number of halogens is 3. The van der Waals surface area contributed by atoms with E-state index in [4.69, 9.17) is 47.0 Å². The van der Waals surface area contributed by atoms with Crippen LogP contribution in [0.15, 0.2) is 75.9 Å². The summed E-state index contributed by atoms with van der Waals surface area (Å²) in [4.78, 5) is 63.6. The molecule has 0 aromatic heterocycles. The van der Waals surface area contributed by atoms with Crippen molar-refractivity contribution in [2.45, 2.75) is 207 Å². The Morgan fingerprint density at radius 2 is 0.957 bits per heavy atom. The Bertz CT molecular complexity index is 1340. The van der Waals surface area contributed by atoms with Gasteiger partial charge in [-0.15, -0.1) is 0 Å². The van der Waals surface area contributed by atoms with Gasteiger partial charge in [0.15, 0.2) is 21.4 Å². The molecule has 0 spiro atoms. The Labute approximate surface area is 437 Å². The van der Waals surface area contributed by atoms with Gasteiger partial charge < -0.3 is 46.9 Å². The van der Waals surface area contributed by atoms with E-state index in [-0.39, 0.29) is 48.3 Å². The fourth-order valence-corrected chi connectivity index (χ4v) is 5.33. The van der Waals surface area contributed by atoms with Gasteiger partial charge in [0.1, 0.15) is 12.2 Å². The molecule has 0 bridgehead atoms. The topological polar surface area (TPSA) is 275 Å². The summed E-state index contributed by atoms with van der Waals surface area (Å²) < 4.78 is 19.5. The molecule has 70 heavy (non-hydrogen) atoms. The van der Waals surface area contributed by atoms with Gasteiger partial charge in [0, 0.05) is 48.8 Å². The van der Waals surface area contributed by atoms with E-state index in [2.05, 4.69) is 92.2 Å². The number of carbonyl (C=O) groups excluding carboxylic acids is 5. The van der Waals surface area contributed by atoms with E-state index in [1.807, 2.05) is 34.6 Å². The predicted octanol–water partition coefficient (Wildman–Crippen LogP) is 9.44. The van der Waals surface area contributed by atoms with Crippen LogP contribution in [0.25, 0.3) is 0 Å². The highest BCUT2D eigenvalue weighted by Crippen LogP contribution is 2.15. The first-order valence-corrected chi connectivity index (χ1v) is 27.1. The summed E-state index contributed by atoms with van der Waals surface area (Å²) in [5.41, 5.74) is 11.5. The van der Waals surface area contributed by atoms with E-state index in [1.165, 1.54) is 12.2 Å². The van der Waals surface area contributed by atoms with E-state index in [0.29, 0.717) is 31.3 Å². The molecular weight excluding hydrogens is 987 g/mol. The van der Waals surface area contributed by atoms with Gasteiger partial charge >= 0.3 is 17.9 Å². The number of carboxylic acid groups (broad SMARTS) is 1. The Morgan fingerprint density at radius 3 is 1.27 bits per heavy atom. The summed E-state index contributed by atoms with van der Waals surface area (Å²) in [5, 5.41) is 31.1. The van der Waals surface area contributed by atoms with Crippen LogP contribution in [0.1, 0.15) is 158 Å². The molecular formula is C50H92Cl3N4O12S+. The number of carbonyl (C=O) groups is 6. The second-order valence-electron chi connectivity index (χ2n) is 15.2. The fraction of sp³-hybridized carbons (Fsp3) is 0.640. The lowest BCUT2D eigenvalue weighted by Crippen LogP contribution is -2.42. The number of nitrogens with two attached hydrogens (primary N) is 2. The van der Waals surface area contributed by atoms with Gasteiger partial charge in [-0.05, 0) is 100 Å². The Morgan fingerprint density at radius 1 is 0.543 bits per heavy atom. The van der Waals surface area contributed by atoms with Crippen molar-refractivity contribution in [1.29, 1.82) is 0 Å². The van der Waals surface area contributed by atoms with Crippen molar-refractivity contribution in [1.82, 2.24) is 10.6 Å². The lowest BCUT2D eigenvalue weighted by Gasteiger charge is -2.23. The maximum absolute atomic E-state index is 11.3. The quantitative estimate of drug-likeness (QED) is 0.0116. The second kappa shape index (κ2) is 59.6. The number of esters is 2. The molecule has 2 amide bonds. The standard InChI is InChI=1S/C14H24N2O2.C14H22O4.C8H20N2.C8H18O2.C3H3ClO.C3H4O2.Cl2OS/c1-5-9-12(16-14(18)8-4)10-11(6-2)15-13(17)7-3;1-5-9-12(18-14(16)8-4)10-11(6-2)17-13(15)7-3;2*1-3-5-8(10)6-7(9)4-2;2*1-2-3(4)5;1-4(2)3/h7-8,11-12H,3-6,9-10H2,1-2H3,(H,15,17)(H,16,18);7-8,11-12H,3-6,9-10H2,1-2H3;7-8H,3-6,9-10H2,1-2H3;7-10H,3-6H2,1-2H3;2H,1H2;2H,1H2,(H,4,5);/p+1. The van der Waals surface area contributed by atoms with Crippen LogP contribution >= 0.6 is 33.0 Å². The number of aliphatic carboxylic acids is 1. The monoisotopic (exact) mass is 1080 g/mol. The van der Waals surface area contributed by atoms with Crippen LogP contribution in [0, 0.1) is 0 Å². The van der Waals surface area contributed by atoms with Crippen molar-refractivity contribution in [3.05, 3.63) is 75.9 Å². The summed E-state index contributed by atoms with van der Waals surface area (Å²) in [6.45, 7) is 35.8. The number of aliphatic hydroxyl groups is 2. The summed E-state index contributed by atoms with van der Waals surface area (Å²) in [7, 11) is 7.17. The van der Waals surface area contributed by atoms with Crippen LogP contribution in [0.3, 0.4) is 0 Å². The molecule has 9 N–H and O–H groups in total. The Kier molecular flexibility index (Phi) is 68.5. The van der Waals surface area contributed by atoms with E-state index < -0.39 is 32.4 Å². The van der Waals surface area contributed by atoms with Crippen molar-refractivity contribution in [3.8, 4) is 0 Å². The lowest BCUT2D eigenvalue weighted by molar-refractivity contribution is -0.149. The molecule has 0 saturated carbocycles. The minimum Gasteiger partial charge on any atom is -0.478 e. The molecule has 20 heteroatoms. The van der Waals surface area contributed by atoms with Gasteiger partial charge in [0.05, 0.1) is 12.2 Å². The summed E-state index contributed by atoms with van der Waals surface area (Å²) >= 11 is 4.71. The molecule has 0 rings (SSSR count). The van der Waals surface area contributed by atoms with Gasteiger partial charge in [0.2, 0.25) is 17.1 Å². The third-order valence-corrected chi connectivity index (χ3v) is 9.17. The highest BCUT2D eigenvalue weighted by atomic mass is 36.0. The molecule has 0 heterocycles. The van der Waals surface area contributed by atoms with Gasteiger partial charge in [-0.2, -0.15) is 0 Å². The second-order valence-corrected chi connectivity index (χ2v) is 18.3. The van der Waals surface area contributed by atoms with Gasteiger partial charge in [0.25, 0.3) is 9.23 Å². The highest BCUT2D eigenvalue weighted by molar-refractivity contribution is 8.26. The van der Waals surface area contributed by atoms with Crippen molar-refractivity contribution in [2.75, 3.05) is 0 Å². The molecule has 8 atom stereocenters. The van der Waals surface area contributed by atoms with Crippen molar-refractivity contribution in [3.63, 3.8) is 0 Å². The maximum atomic E-state index is 11.3. The molecule has 0 saturated heterocycles. The number of aliphatic hydroxyl groups excluding tert-OH is 2. The summed E-state index contributed by atoms with van der Waals surface area (Å²) in [5.74, 6) is -2.22. The SMILES string of the molecule is C=CC(=O)Cl.C=CC(=O)NC(CC)CC(CCC)NC(=O)C=C.C=CC(=O)O.C=CC(=O)OC(CC)CC(CCC)OC(=O)C=C.CCCC(N)CC(N)CC.CCCC(O)CC(O)CC.O=[SH+](Cl)Cl. The number of amides is 2. The number of carboxylic acids is 1. The van der Waals surface area contributed by atoms with Gasteiger partial charge in [-0.1, -0.05) is 125 Å². The molecule has 410 valence electrons. The number of nitrogens with one attached hydrogen (secondary N) is 2. The van der Waals surface area contributed by atoms with Crippen molar-refractivity contribution in [2.24, 2.45) is 11.5 Å². The number of allylic oxidation sites excluding steroid dienone is 1. The zero-order chi connectivity index (χ0) is 56.0. The average molecular weight is 1080 g/mol. The molecule has 0 aliphatic rings. The third kappa shape index (κ3) is 70.9. The normalized spacial score (nSPS) is 13.0. The zero-order valence-electron chi connectivity index (χ0n) is 43.4. The maximum Gasteiger partial charge on any atom is 0.330 e. The van der Waals surface area contributed by atoms with E-state index in [1.54, 1.807) is 0 Å². The van der Waals surface area contributed by atoms with Crippen LogP contribution in [0.2, 0.25) is 0 Å². The van der Waals surface area contributed by atoms with E-state index >= 15 is 0 Å². The van der Waals surface area contributed by atoms with Crippen LogP contribution in [-0.4, -0.2) is 98.9 Å².